The van der Waals surface area contributed by atoms with Crippen LogP contribution in [0.15, 0.2) is 12.2 Å². The average Bonchev–Trinajstić information content (AvgIpc) is 2.80. The van der Waals surface area contributed by atoms with Gasteiger partial charge in [-0.2, -0.15) is 0 Å². The van der Waals surface area contributed by atoms with Crippen molar-refractivity contribution >= 4 is 7.60 Å². The van der Waals surface area contributed by atoms with Crippen molar-refractivity contribution in [2.75, 3.05) is 27.7 Å². The second kappa shape index (κ2) is 23.0. The van der Waals surface area contributed by atoms with E-state index < -0.39 is 7.60 Å². The molecule has 0 aromatic heterocycles. The summed E-state index contributed by atoms with van der Waals surface area (Å²) in [6, 6.07) is 0. The van der Waals surface area contributed by atoms with Crippen molar-refractivity contribution in [3.05, 3.63) is 12.2 Å². The summed E-state index contributed by atoms with van der Waals surface area (Å²) >= 11 is 0. The molecule has 0 fully saturated rings. The highest BCUT2D eigenvalue weighted by molar-refractivity contribution is 7.53. The average molecular weight is 517 g/mol. The van der Waals surface area contributed by atoms with E-state index in [-0.39, 0.29) is 5.78 Å². The first-order valence-corrected chi connectivity index (χ1v) is 16.8. The minimum atomic E-state index is -3.57. The summed E-state index contributed by atoms with van der Waals surface area (Å²) in [6.45, 7) is 4.74. The van der Waals surface area contributed by atoms with Crippen molar-refractivity contribution in [2.45, 2.75) is 154 Å². The number of unbranched alkanes of at least 4 members (excludes halogenated alkanes) is 17. The number of rotatable bonds is 26. The summed E-state index contributed by atoms with van der Waals surface area (Å²) in [4.78, 5) is 10.4. The van der Waals surface area contributed by atoms with E-state index >= 15 is 0 Å². The standard InChI is InChI=1S/C30H62NO3P/c1-6-8-9-10-11-12-13-14-15-16-17-18-19-20-21-22-23-24-25-26-27-29-34-35(32,33)30(28-7-2)31(3,4)5/h19-20,30H,6-18,21-29H2,1-5H3/p+1/b20-19-. The molecule has 1 N–H and O–H groups in total. The maximum atomic E-state index is 12.7. The third-order valence-corrected chi connectivity index (χ3v) is 9.26. The Labute approximate surface area is 220 Å². The molecule has 2 atom stereocenters. The molecular weight excluding hydrogens is 453 g/mol. The van der Waals surface area contributed by atoms with Crippen molar-refractivity contribution in [1.29, 1.82) is 0 Å². The van der Waals surface area contributed by atoms with Gasteiger partial charge >= 0.3 is 7.60 Å². The van der Waals surface area contributed by atoms with E-state index in [9.17, 15) is 9.46 Å². The Kier molecular flexibility index (Phi) is 22.9. The van der Waals surface area contributed by atoms with Crippen molar-refractivity contribution in [2.24, 2.45) is 0 Å². The van der Waals surface area contributed by atoms with Crippen molar-refractivity contribution < 1.29 is 18.5 Å². The fourth-order valence-corrected chi connectivity index (χ4v) is 6.78. The number of allylic oxidation sites excluding steroid dienone is 2. The highest BCUT2D eigenvalue weighted by Crippen LogP contribution is 2.51. The van der Waals surface area contributed by atoms with E-state index in [2.05, 4.69) is 26.0 Å². The fraction of sp³-hybridized carbons (Fsp3) is 0.933. The van der Waals surface area contributed by atoms with E-state index in [1.807, 2.05) is 21.1 Å². The van der Waals surface area contributed by atoms with Crippen LogP contribution in [0.25, 0.3) is 0 Å². The van der Waals surface area contributed by atoms with E-state index in [4.69, 9.17) is 4.52 Å². The zero-order chi connectivity index (χ0) is 26.3. The number of nitrogens with zero attached hydrogens (tertiary/aromatic N) is 1. The van der Waals surface area contributed by atoms with Crippen molar-refractivity contribution in [3.8, 4) is 0 Å². The third kappa shape index (κ3) is 21.6. The number of hydrogen-bond donors (Lipinski definition) is 1. The van der Waals surface area contributed by atoms with Gasteiger partial charge in [0.2, 0.25) is 0 Å². The zero-order valence-electron chi connectivity index (χ0n) is 24.4. The highest BCUT2D eigenvalue weighted by atomic mass is 31.2. The Morgan fingerprint density at radius 1 is 0.657 bits per heavy atom. The van der Waals surface area contributed by atoms with Crippen LogP contribution >= 0.6 is 7.60 Å². The van der Waals surface area contributed by atoms with Crippen LogP contribution in [0.3, 0.4) is 0 Å². The summed E-state index contributed by atoms with van der Waals surface area (Å²) in [5.74, 6) is -0.338. The molecule has 0 spiro atoms. The topological polar surface area (TPSA) is 46.5 Å². The monoisotopic (exact) mass is 516 g/mol. The Morgan fingerprint density at radius 3 is 1.46 bits per heavy atom. The first-order chi connectivity index (χ1) is 16.8. The molecule has 0 aliphatic heterocycles. The predicted molar refractivity (Wildman–Crippen MR) is 155 cm³/mol. The summed E-state index contributed by atoms with van der Waals surface area (Å²) in [6.07, 6.45) is 31.3. The zero-order valence-corrected chi connectivity index (χ0v) is 25.3. The van der Waals surface area contributed by atoms with Gasteiger partial charge in [-0.1, -0.05) is 116 Å². The van der Waals surface area contributed by atoms with Crippen LogP contribution in [0.2, 0.25) is 0 Å². The Hall–Kier alpha value is -0.150. The second-order valence-corrected chi connectivity index (χ2v) is 13.5. The molecule has 0 aromatic carbocycles. The molecule has 2 unspecified atom stereocenters. The maximum Gasteiger partial charge on any atom is 0.385 e. The van der Waals surface area contributed by atoms with Gasteiger partial charge in [-0.15, -0.1) is 0 Å². The van der Waals surface area contributed by atoms with E-state index in [1.54, 1.807) is 0 Å². The molecule has 35 heavy (non-hydrogen) atoms. The van der Waals surface area contributed by atoms with E-state index in [0.29, 0.717) is 17.5 Å². The van der Waals surface area contributed by atoms with Crippen LogP contribution in [0.4, 0.5) is 0 Å². The number of quaternary nitrogens is 1. The van der Waals surface area contributed by atoms with Gasteiger partial charge in [0.25, 0.3) is 0 Å². The van der Waals surface area contributed by atoms with Crippen LogP contribution in [-0.4, -0.2) is 42.9 Å². The van der Waals surface area contributed by atoms with Crippen molar-refractivity contribution in [1.82, 2.24) is 0 Å². The third-order valence-electron chi connectivity index (χ3n) is 7.00. The van der Waals surface area contributed by atoms with Gasteiger partial charge in [0.05, 0.1) is 27.7 Å². The molecule has 0 amide bonds. The van der Waals surface area contributed by atoms with Crippen LogP contribution in [0.5, 0.6) is 0 Å². The highest BCUT2D eigenvalue weighted by Gasteiger charge is 2.41. The quantitative estimate of drug-likeness (QED) is 0.0538. The second-order valence-electron chi connectivity index (χ2n) is 11.5. The van der Waals surface area contributed by atoms with Crippen LogP contribution in [-0.2, 0) is 9.09 Å². The number of hydrogen-bond acceptors (Lipinski definition) is 2. The Bertz CT molecular complexity index is 530. The van der Waals surface area contributed by atoms with Crippen LogP contribution in [0, 0.1) is 0 Å². The van der Waals surface area contributed by atoms with Gasteiger partial charge in [0.1, 0.15) is 0 Å². The summed E-state index contributed by atoms with van der Waals surface area (Å²) in [5, 5.41) is 0. The lowest BCUT2D eigenvalue weighted by atomic mass is 10.0. The largest absolute Gasteiger partial charge is 0.385 e. The minimum Gasteiger partial charge on any atom is -0.320 e. The fourth-order valence-electron chi connectivity index (χ4n) is 4.76. The van der Waals surface area contributed by atoms with Crippen LogP contribution in [0.1, 0.15) is 149 Å². The molecule has 5 heteroatoms. The van der Waals surface area contributed by atoms with Crippen molar-refractivity contribution in [3.63, 3.8) is 0 Å². The molecule has 210 valence electrons. The first-order valence-electron chi connectivity index (χ1n) is 15.2. The molecule has 0 rings (SSSR count). The van der Waals surface area contributed by atoms with E-state index in [1.165, 1.54) is 109 Å². The predicted octanol–water partition coefficient (Wildman–Crippen LogP) is 10.0. The molecule has 0 radical (unpaired) electrons. The lowest BCUT2D eigenvalue weighted by Gasteiger charge is -2.35. The van der Waals surface area contributed by atoms with Gasteiger partial charge in [-0.3, -0.25) is 4.57 Å². The summed E-state index contributed by atoms with van der Waals surface area (Å²) in [7, 11) is 2.35. The minimum absolute atomic E-state index is 0.338. The SMILES string of the molecule is CCCCCCCCCCCCC/C=C\CCCCCCCCOP(=O)(O)C(CCC)[N+](C)(C)C. The Morgan fingerprint density at radius 2 is 1.06 bits per heavy atom. The van der Waals surface area contributed by atoms with Gasteiger partial charge < -0.3 is 13.9 Å². The maximum absolute atomic E-state index is 12.7. The molecule has 0 heterocycles. The van der Waals surface area contributed by atoms with Gasteiger partial charge in [-0.05, 0) is 38.5 Å². The lowest BCUT2D eigenvalue weighted by Crippen LogP contribution is -2.45. The van der Waals surface area contributed by atoms with E-state index in [0.717, 1.165) is 19.3 Å². The molecule has 0 aliphatic carbocycles. The molecule has 0 bridgehead atoms. The van der Waals surface area contributed by atoms with Gasteiger partial charge in [0, 0.05) is 6.42 Å². The molecule has 4 nitrogen and oxygen atoms in total. The van der Waals surface area contributed by atoms with Gasteiger partial charge in [0.15, 0.2) is 5.78 Å². The molecule has 0 saturated carbocycles. The van der Waals surface area contributed by atoms with Crippen LogP contribution < -0.4 is 0 Å². The summed E-state index contributed by atoms with van der Waals surface area (Å²) < 4.78 is 18.6. The smallest absolute Gasteiger partial charge is 0.320 e. The summed E-state index contributed by atoms with van der Waals surface area (Å²) in [5.41, 5.74) is 0. The normalized spacial score (nSPS) is 15.0. The first kappa shape index (κ1) is 34.9. The molecular formula is C30H63NO3P+. The molecule has 0 aromatic rings. The molecule has 0 saturated heterocycles. The lowest BCUT2D eigenvalue weighted by molar-refractivity contribution is -0.883. The molecule has 0 aliphatic rings. The Balaban J connectivity index is 3.48. The van der Waals surface area contributed by atoms with Gasteiger partial charge in [-0.25, -0.2) is 0 Å².